The molecule has 2 fully saturated rings. The highest BCUT2D eigenvalue weighted by atomic mass is 16.5. The minimum Gasteiger partial charge on any atom is -0.374 e. The van der Waals surface area contributed by atoms with Crippen molar-refractivity contribution in [3.05, 3.63) is 34.9 Å². The maximum Gasteiger partial charge on any atom is 0.0900 e. The molecule has 0 unspecified atom stereocenters. The lowest BCUT2D eigenvalue weighted by Crippen LogP contribution is -2.50. The normalized spacial score (nSPS) is 24.3. The number of aryl methyl sites for hydroxylation is 3. The Morgan fingerprint density at radius 1 is 1.14 bits per heavy atom. The van der Waals surface area contributed by atoms with Gasteiger partial charge in [0, 0.05) is 56.2 Å². The van der Waals surface area contributed by atoms with E-state index in [9.17, 15) is 0 Å². The Bertz CT molecular complexity index is 806. The van der Waals surface area contributed by atoms with Gasteiger partial charge in [0.2, 0.25) is 0 Å². The zero-order valence-corrected chi connectivity index (χ0v) is 18.5. The number of hydrogen-bond donors (Lipinski definition) is 0. The fourth-order valence-electron chi connectivity index (χ4n) is 5.01. The van der Waals surface area contributed by atoms with Crippen LogP contribution >= 0.6 is 0 Å². The minimum absolute atomic E-state index is 0.174. The van der Waals surface area contributed by atoms with Gasteiger partial charge in [-0.25, -0.2) is 0 Å². The molecule has 0 saturated carbocycles. The molecule has 7 nitrogen and oxygen atoms in total. The molecule has 160 valence electrons. The third kappa shape index (κ3) is 4.42. The van der Waals surface area contributed by atoms with Crippen molar-refractivity contribution >= 4 is 0 Å². The van der Waals surface area contributed by atoms with Crippen molar-refractivity contribution < 1.29 is 4.74 Å². The second-order valence-electron chi connectivity index (χ2n) is 8.60. The lowest BCUT2D eigenvalue weighted by molar-refractivity contribution is -0.0891. The number of morpholine rings is 1. The van der Waals surface area contributed by atoms with Gasteiger partial charge in [0.25, 0.3) is 0 Å². The summed E-state index contributed by atoms with van der Waals surface area (Å²) in [6.07, 6.45) is 8.33. The number of likely N-dealkylation sites (tertiary alicyclic amines) is 1. The zero-order chi connectivity index (χ0) is 20.4. The molecule has 2 aliphatic rings. The molecule has 0 N–H and O–H groups in total. The van der Waals surface area contributed by atoms with Crippen LogP contribution < -0.4 is 0 Å². The van der Waals surface area contributed by atoms with E-state index < -0.39 is 0 Å². The highest BCUT2D eigenvalue weighted by Gasteiger charge is 2.36. The molecule has 0 bridgehead atoms. The Labute approximate surface area is 174 Å². The first kappa shape index (κ1) is 20.6. The van der Waals surface area contributed by atoms with Crippen LogP contribution in [0, 0.1) is 13.8 Å². The van der Waals surface area contributed by atoms with Gasteiger partial charge >= 0.3 is 0 Å². The molecular weight excluding hydrogens is 364 g/mol. The fourth-order valence-corrected chi connectivity index (χ4v) is 5.01. The molecule has 4 rings (SSSR count). The second kappa shape index (κ2) is 8.98. The van der Waals surface area contributed by atoms with Crippen molar-refractivity contribution in [1.29, 1.82) is 0 Å². The average molecular weight is 401 g/mol. The quantitative estimate of drug-likeness (QED) is 0.746. The SMILES string of the molecule is CCn1nc(C)c(CN2CCO[C@@H](CN3CCCCC3)[C@@H]2c2cnn(C)c2)c1C. The van der Waals surface area contributed by atoms with E-state index in [2.05, 4.69) is 46.5 Å². The number of nitrogens with zero attached hydrogens (tertiary/aromatic N) is 6. The molecule has 2 saturated heterocycles. The predicted octanol–water partition coefficient (Wildman–Crippen LogP) is 2.68. The lowest BCUT2D eigenvalue weighted by atomic mass is 9.98. The first-order chi connectivity index (χ1) is 14.1. The summed E-state index contributed by atoms with van der Waals surface area (Å²) in [5.41, 5.74) is 5.05. The maximum absolute atomic E-state index is 6.37. The lowest BCUT2D eigenvalue weighted by Gasteiger charge is -2.43. The number of hydrogen-bond acceptors (Lipinski definition) is 5. The van der Waals surface area contributed by atoms with Gasteiger partial charge in [-0.2, -0.15) is 10.2 Å². The molecule has 0 spiro atoms. The summed E-state index contributed by atoms with van der Waals surface area (Å²) in [5, 5.41) is 9.21. The van der Waals surface area contributed by atoms with E-state index in [-0.39, 0.29) is 12.1 Å². The van der Waals surface area contributed by atoms with Crippen molar-refractivity contribution in [3.8, 4) is 0 Å². The Morgan fingerprint density at radius 3 is 2.59 bits per heavy atom. The van der Waals surface area contributed by atoms with Gasteiger partial charge in [0.05, 0.1) is 30.6 Å². The van der Waals surface area contributed by atoms with Crippen LogP contribution in [0.1, 0.15) is 54.7 Å². The molecule has 0 aromatic carbocycles. The summed E-state index contributed by atoms with van der Waals surface area (Å²) in [4.78, 5) is 5.18. The van der Waals surface area contributed by atoms with Crippen molar-refractivity contribution in [1.82, 2.24) is 29.4 Å². The number of rotatable bonds is 6. The summed E-state index contributed by atoms with van der Waals surface area (Å²) in [7, 11) is 2.00. The van der Waals surface area contributed by atoms with Gasteiger partial charge in [0.1, 0.15) is 0 Å². The van der Waals surface area contributed by atoms with Crippen molar-refractivity contribution in [3.63, 3.8) is 0 Å². The topological polar surface area (TPSA) is 51.4 Å². The van der Waals surface area contributed by atoms with E-state index in [4.69, 9.17) is 9.84 Å². The van der Waals surface area contributed by atoms with Crippen molar-refractivity contribution in [2.75, 3.05) is 32.8 Å². The molecule has 0 amide bonds. The Morgan fingerprint density at radius 2 is 1.93 bits per heavy atom. The largest absolute Gasteiger partial charge is 0.374 e. The van der Waals surface area contributed by atoms with Crippen LogP contribution in [0.5, 0.6) is 0 Å². The predicted molar refractivity (Wildman–Crippen MR) is 114 cm³/mol. The number of aromatic nitrogens is 4. The van der Waals surface area contributed by atoms with E-state index in [1.54, 1.807) is 0 Å². The van der Waals surface area contributed by atoms with E-state index in [1.165, 1.54) is 49.2 Å². The minimum atomic E-state index is 0.174. The Hall–Kier alpha value is -1.70. The maximum atomic E-state index is 6.37. The molecule has 2 aliphatic heterocycles. The van der Waals surface area contributed by atoms with Crippen LogP contribution in [0.2, 0.25) is 0 Å². The molecule has 29 heavy (non-hydrogen) atoms. The molecule has 0 aliphatic carbocycles. The van der Waals surface area contributed by atoms with Crippen LogP contribution in [-0.2, 0) is 24.9 Å². The Balaban J connectivity index is 1.59. The van der Waals surface area contributed by atoms with E-state index in [1.807, 2.05) is 17.9 Å². The smallest absolute Gasteiger partial charge is 0.0900 e. The van der Waals surface area contributed by atoms with Crippen LogP contribution in [0.3, 0.4) is 0 Å². The van der Waals surface area contributed by atoms with Crippen LogP contribution in [0.25, 0.3) is 0 Å². The summed E-state index contributed by atoms with van der Waals surface area (Å²) in [6, 6.07) is 0.225. The molecule has 2 aromatic rings. The monoisotopic (exact) mass is 400 g/mol. The van der Waals surface area contributed by atoms with Gasteiger partial charge in [-0.15, -0.1) is 0 Å². The summed E-state index contributed by atoms with van der Waals surface area (Å²) in [6.45, 7) is 13.4. The zero-order valence-electron chi connectivity index (χ0n) is 18.5. The summed E-state index contributed by atoms with van der Waals surface area (Å²) >= 11 is 0. The third-order valence-electron chi connectivity index (χ3n) is 6.60. The van der Waals surface area contributed by atoms with E-state index >= 15 is 0 Å². The molecule has 2 aromatic heterocycles. The van der Waals surface area contributed by atoms with Crippen LogP contribution in [0.15, 0.2) is 12.4 Å². The molecule has 7 heteroatoms. The van der Waals surface area contributed by atoms with Gasteiger partial charge in [-0.3, -0.25) is 14.3 Å². The number of piperidine rings is 1. The van der Waals surface area contributed by atoms with Crippen molar-refractivity contribution in [2.24, 2.45) is 7.05 Å². The highest BCUT2D eigenvalue weighted by molar-refractivity contribution is 5.25. The third-order valence-corrected chi connectivity index (χ3v) is 6.60. The average Bonchev–Trinajstić information content (AvgIpc) is 3.27. The van der Waals surface area contributed by atoms with E-state index in [0.717, 1.165) is 38.5 Å². The van der Waals surface area contributed by atoms with Gasteiger partial charge < -0.3 is 9.64 Å². The molecule has 0 radical (unpaired) electrons. The van der Waals surface area contributed by atoms with Gasteiger partial charge in [0.15, 0.2) is 0 Å². The second-order valence-corrected chi connectivity index (χ2v) is 8.60. The van der Waals surface area contributed by atoms with Crippen molar-refractivity contribution in [2.45, 2.75) is 65.3 Å². The summed E-state index contributed by atoms with van der Waals surface area (Å²) < 4.78 is 10.4. The Kier molecular flexibility index (Phi) is 6.37. The van der Waals surface area contributed by atoms with E-state index in [0.29, 0.717) is 0 Å². The highest BCUT2D eigenvalue weighted by Crippen LogP contribution is 2.32. The first-order valence-electron chi connectivity index (χ1n) is 11.2. The molecule has 2 atom stereocenters. The molecule has 4 heterocycles. The molecular formula is C22H36N6O. The first-order valence-corrected chi connectivity index (χ1v) is 11.2. The fraction of sp³-hybridized carbons (Fsp3) is 0.727. The standard InChI is InChI=1S/C22H36N6O/c1-5-28-18(3)20(17(2)24-28)15-27-11-12-29-21(16-26-9-7-6-8-10-26)22(27)19-13-23-25(4)14-19/h13-14,21-22H,5-12,15-16H2,1-4H3/t21-,22-/m0/s1. The summed E-state index contributed by atoms with van der Waals surface area (Å²) in [5.74, 6) is 0. The number of ether oxygens (including phenoxy) is 1. The van der Waals surface area contributed by atoms with Crippen LogP contribution in [-0.4, -0.2) is 68.3 Å². The van der Waals surface area contributed by atoms with Crippen LogP contribution in [0.4, 0.5) is 0 Å². The van der Waals surface area contributed by atoms with Gasteiger partial charge in [-0.05, 0) is 46.7 Å². The van der Waals surface area contributed by atoms with Gasteiger partial charge in [-0.1, -0.05) is 6.42 Å².